The molecule has 2 aromatic carbocycles. The van der Waals surface area contributed by atoms with Crippen LogP contribution in [0.25, 0.3) is 0 Å². The number of benzene rings is 2. The zero-order chi connectivity index (χ0) is 15.0. The molecule has 0 saturated carbocycles. The molecule has 0 radical (unpaired) electrons. The van der Waals surface area contributed by atoms with Crippen LogP contribution < -0.4 is 0 Å². The highest BCUT2D eigenvalue weighted by atomic mass is 79.9. The van der Waals surface area contributed by atoms with Crippen LogP contribution >= 0.6 is 27.5 Å². The van der Waals surface area contributed by atoms with Crippen LogP contribution in [0.2, 0.25) is 5.02 Å². The second-order valence-corrected chi connectivity index (χ2v) is 5.26. The van der Waals surface area contributed by atoms with Gasteiger partial charge in [-0.1, -0.05) is 27.5 Å². The molecule has 0 spiro atoms. The van der Waals surface area contributed by atoms with Gasteiger partial charge in [0.05, 0.1) is 9.85 Å². The number of hydrogen-bond donors (Lipinski definition) is 0. The van der Waals surface area contributed by atoms with Crippen LogP contribution in [0.1, 0.15) is 16.0 Å². The van der Waals surface area contributed by atoms with Crippen LogP contribution in [0.3, 0.4) is 0 Å². The van der Waals surface area contributed by atoms with Crippen molar-refractivity contribution in [1.29, 1.82) is 0 Å². The third-order valence-corrected chi connectivity index (χ3v) is 3.90. The molecule has 2 aromatic rings. The van der Waals surface area contributed by atoms with E-state index in [1.54, 1.807) is 0 Å². The molecular formula is C13H5BrClF5. The average Bonchev–Trinajstić information content (AvgIpc) is 2.37. The van der Waals surface area contributed by atoms with Gasteiger partial charge in [0.2, 0.25) is 0 Å². The molecule has 1 atom stereocenters. The van der Waals surface area contributed by atoms with Crippen molar-refractivity contribution in [2.45, 2.75) is 4.83 Å². The van der Waals surface area contributed by atoms with Gasteiger partial charge in [-0.15, -0.1) is 0 Å². The number of halogens is 7. The predicted molar refractivity (Wildman–Crippen MR) is 68.5 cm³/mol. The van der Waals surface area contributed by atoms with Crippen LogP contribution in [-0.4, -0.2) is 0 Å². The second-order valence-electron chi connectivity index (χ2n) is 3.94. The highest BCUT2D eigenvalue weighted by Gasteiger charge is 2.22. The summed E-state index contributed by atoms with van der Waals surface area (Å²) in [4.78, 5) is -1.19. The summed E-state index contributed by atoms with van der Waals surface area (Å²) in [5, 5.41) is -0.434. The Kier molecular flexibility index (Phi) is 4.34. The lowest BCUT2D eigenvalue weighted by Gasteiger charge is -2.13. The van der Waals surface area contributed by atoms with E-state index in [4.69, 9.17) is 11.6 Å². The topological polar surface area (TPSA) is 0 Å². The van der Waals surface area contributed by atoms with E-state index in [9.17, 15) is 22.0 Å². The van der Waals surface area contributed by atoms with E-state index in [2.05, 4.69) is 15.9 Å². The molecule has 0 fully saturated rings. The first-order valence-electron chi connectivity index (χ1n) is 5.24. The smallest absolute Gasteiger partial charge is 0.161 e. The van der Waals surface area contributed by atoms with E-state index in [0.717, 1.165) is 12.1 Å². The third-order valence-electron chi connectivity index (χ3n) is 2.63. The van der Waals surface area contributed by atoms with E-state index < -0.39 is 38.9 Å². The summed E-state index contributed by atoms with van der Waals surface area (Å²) in [7, 11) is 0. The Morgan fingerprint density at radius 3 is 1.75 bits per heavy atom. The lowest BCUT2D eigenvalue weighted by Crippen LogP contribution is -2.03. The predicted octanol–water partition coefficient (Wildman–Crippen LogP) is 5.52. The lowest BCUT2D eigenvalue weighted by atomic mass is 10.0. The number of hydrogen-bond acceptors (Lipinski definition) is 0. The molecule has 0 bridgehead atoms. The van der Waals surface area contributed by atoms with Crippen LogP contribution in [-0.2, 0) is 0 Å². The maximum Gasteiger partial charge on any atom is 0.161 e. The highest BCUT2D eigenvalue weighted by Crippen LogP contribution is 2.36. The van der Waals surface area contributed by atoms with Gasteiger partial charge in [-0.05, 0) is 18.2 Å². The Labute approximate surface area is 124 Å². The molecule has 0 nitrogen and oxygen atoms in total. The summed E-state index contributed by atoms with van der Waals surface area (Å²) in [6.07, 6.45) is 0. The van der Waals surface area contributed by atoms with Gasteiger partial charge in [-0.2, -0.15) is 0 Å². The molecule has 0 aliphatic heterocycles. The van der Waals surface area contributed by atoms with Crippen molar-refractivity contribution in [2.24, 2.45) is 0 Å². The van der Waals surface area contributed by atoms with Gasteiger partial charge in [-0.3, -0.25) is 0 Å². The molecule has 0 heterocycles. The lowest BCUT2D eigenvalue weighted by molar-refractivity contribution is 0.490. The standard InChI is InChI=1S/C13H5BrClF5/c14-13(5-1-10(18)7(15)3-8(5)16)6-2-11(19)12(20)4-9(6)17/h1-4,13H. The third kappa shape index (κ3) is 2.81. The summed E-state index contributed by atoms with van der Waals surface area (Å²) in [5.74, 6) is -5.55. The minimum Gasteiger partial charge on any atom is -0.207 e. The fourth-order valence-electron chi connectivity index (χ4n) is 1.63. The fraction of sp³-hybridized carbons (Fsp3) is 0.0769. The van der Waals surface area contributed by atoms with Crippen molar-refractivity contribution < 1.29 is 22.0 Å². The monoisotopic (exact) mass is 370 g/mol. The van der Waals surface area contributed by atoms with E-state index in [1.807, 2.05) is 0 Å². The van der Waals surface area contributed by atoms with Crippen molar-refractivity contribution in [3.05, 3.63) is 69.5 Å². The van der Waals surface area contributed by atoms with Crippen molar-refractivity contribution in [3.8, 4) is 0 Å². The van der Waals surface area contributed by atoms with E-state index in [-0.39, 0.29) is 11.1 Å². The van der Waals surface area contributed by atoms with Gasteiger partial charge in [-0.25, -0.2) is 22.0 Å². The van der Waals surface area contributed by atoms with Crippen molar-refractivity contribution in [2.75, 3.05) is 0 Å². The van der Waals surface area contributed by atoms with Crippen LogP contribution in [0.4, 0.5) is 22.0 Å². The minimum atomic E-state index is -1.37. The van der Waals surface area contributed by atoms with Gasteiger partial charge in [0, 0.05) is 17.2 Å². The Bertz CT molecular complexity index is 617. The zero-order valence-electron chi connectivity index (χ0n) is 9.53. The van der Waals surface area contributed by atoms with Gasteiger partial charge >= 0.3 is 0 Å². The van der Waals surface area contributed by atoms with Crippen molar-refractivity contribution in [1.82, 2.24) is 0 Å². The first-order valence-corrected chi connectivity index (χ1v) is 6.53. The molecule has 0 aliphatic carbocycles. The summed E-state index contributed by atoms with van der Waals surface area (Å²) in [5.41, 5.74) is -0.638. The van der Waals surface area contributed by atoms with Crippen molar-refractivity contribution >= 4 is 27.5 Å². The Balaban J connectivity index is 2.54. The maximum absolute atomic E-state index is 13.7. The maximum atomic E-state index is 13.7. The van der Waals surface area contributed by atoms with Crippen LogP contribution in [0, 0.1) is 29.1 Å². The zero-order valence-corrected chi connectivity index (χ0v) is 11.9. The fourth-order valence-corrected chi connectivity index (χ4v) is 2.48. The molecule has 1 unspecified atom stereocenters. The van der Waals surface area contributed by atoms with Crippen LogP contribution in [0.5, 0.6) is 0 Å². The molecule has 7 heteroatoms. The van der Waals surface area contributed by atoms with Gasteiger partial charge in [0.15, 0.2) is 11.6 Å². The van der Waals surface area contributed by atoms with E-state index in [0.29, 0.717) is 12.1 Å². The average molecular weight is 372 g/mol. The largest absolute Gasteiger partial charge is 0.207 e. The molecular weight excluding hydrogens is 366 g/mol. The molecule has 0 aromatic heterocycles. The summed E-state index contributed by atoms with van der Waals surface area (Å²) in [6, 6.07) is 2.40. The summed E-state index contributed by atoms with van der Waals surface area (Å²) in [6.45, 7) is 0. The minimum absolute atomic E-state index is 0.281. The van der Waals surface area contributed by atoms with E-state index >= 15 is 0 Å². The van der Waals surface area contributed by atoms with Gasteiger partial charge in [0.1, 0.15) is 17.5 Å². The Morgan fingerprint density at radius 1 is 0.700 bits per heavy atom. The Morgan fingerprint density at radius 2 is 1.15 bits per heavy atom. The molecule has 0 amide bonds. The van der Waals surface area contributed by atoms with Crippen molar-refractivity contribution in [3.63, 3.8) is 0 Å². The molecule has 0 saturated heterocycles. The first-order chi connectivity index (χ1) is 9.31. The van der Waals surface area contributed by atoms with Gasteiger partial charge < -0.3 is 0 Å². The normalized spacial score (nSPS) is 12.6. The molecule has 106 valence electrons. The summed E-state index contributed by atoms with van der Waals surface area (Å²) >= 11 is 8.33. The summed E-state index contributed by atoms with van der Waals surface area (Å²) < 4.78 is 66.6. The molecule has 0 aliphatic rings. The molecule has 20 heavy (non-hydrogen) atoms. The number of alkyl halides is 1. The SMILES string of the molecule is Fc1cc(F)c(C(Br)c2cc(F)c(Cl)cc2F)cc1F. The van der Waals surface area contributed by atoms with E-state index in [1.165, 1.54) is 0 Å². The quantitative estimate of drug-likeness (QED) is 0.370. The van der Waals surface area contributed by atoms with Gasteiger partial charge in [0.25, 0.3) is 0 Å². The molecule has 0 N–H and O–H groups in total. The Hall–Kier alpha value is -1.14. The molecule has 2 rings (SSSR count). The second kappa shape index (κ2) is 5.69. The number of rotatable bonds is 2. The van der Waals surface area contributed by atoms with Crippen LogP contribution in [0.15, 0.2) is 24.3 Å². The highest BCUT2D eigenvalue weighted by molar-refractivity contribution is 9.09. The first kappa shape index (κ1) is 15.3.